The molecule has 0 radical (unpaired) electrons. The van der Waals surface area contributed by atoms with E-state index in [2.05, 4.69) is 42.3 Å². The Hall–Kier alpha value is -2.16. The Bertz CT molecular complexity index is 605. The van der Waals surface area contributed by atoms with Crippen molar-refractivity contribution in [2.45, 2.75) is 26.3 Å². The predicted octanol–water partition coefficient (Wildman–Crippen LogP) is 3.91. The summed E-state index contributed by atoms with van der Waals surface area (Å²) in [7, 11) is 0. The number of aromatic hydroxyl groups is 1. The van der Waals surface area contributed by atoms with Crippen LogP contribution in [-0.4, -0.2) is 17.7 Å². The monoisotopic (exact) mass is 268 g/mol. The molecule has 1 heterocycles. The summed E-state index contributed by atoms with van der Waals surface area (Å²) in [5.74, 6) is 0.289. The summed E-state index contributed by atoms with van der Waals surface area (Å²) in [5.41, 5.74) is 4.85. The molecule has 0 aliphatic carbocycles. The van der Waals surface area contributed by atoms with E-state index in [0.29, 0.717) is 6.04 Å². The Labute approximate surface area is 119 Å². The summed E-state index contributed by atoms with van der Waals surface area (Å²) in [4.78, 5) is 2.44. The number of nitrogens with one attached hydrogen (secondary N) is 1. The molecule has 0 saturated carbocycles. The van der Waals surface area contributed by atoms with Crippen molar-refractivity contribution < 1.29 is 5.11 Å². The second kappa shape index (κ2) is 5.08. The number of nitrogens with zero attached hydrogens (tertiary/aromatic N) is 1. The maximum Gasteiger partial charge on any atom is 0.115 e. The molecule has 1 aliphatic rings. The van der Waals surface area contributed by atoms with Crippen LogP contribution in [0.1, 0.15) is 19.4 Å². The van der Waals surface area contributed by atoms with Gasteiger partial charge in [-0.15, -0.1) is 0 Å². The molecule has 0 bridgehead atoms. The van der Waals surface area contributed by atoms with E-state index < -0.39 is 0 Å². The van der Waals surface area contributed by atoms with Crippen LogP contribution in [0.15, 0.2) is 42.5 Å². The second-order valence-corrected chi connectivity index (χ2v) is 5.55. The van der Waals surface area contributed by atoms with Crippen molar-refractivity contribution in [3.05, 3.63) is 48.0 Å². The molecule has 0 atom stereocenters. The molecule has 0 saturated heterocycles. The minimum atomic E-state index is 0.289. The van der Waals surface area contributed by atoms with Gasteiger partial charge in [-0.2, -0.15) is 0 Å². The van der Waals surface area contributed by atoms with Gasteiger partial charge in [0.25, 0.3) is 0 Å². The number of hydrogen-bond acceptors (Lipinski definition) is 3. The first-order chi connectivity index (χ1) is 9.63. The van der Waals surface area contributed by atoms with Gasteiger partial charge in [0, 0.05) is 29.6 Å². The lowest BCUT2D eigenvalue weighted by molar-refractivity contribution is 0.475. The molecule has 2 aromatic rings. The number of fused-ring (bicyclic) bond motifs is 1. The molecule has 0 aromatic heterocycles. The Balaban J connectivity index is 1.81. The first-order valence-corrected chi connectivity index (χ1v) is 7.09. The van der Waals surface area contributed by atoms with Gasteiger partial charge in [0.15, 0.2) is 0 Å². The fraction of sp³-hybridized carbons (Fsp3) is 0.294. The lowest BCUT2D eigenvalue weighted by atomic mass is 10.1. The van der Waals surface area contributed by atoms with Crippen LogP contribution in [-0.2, 0) is 6.42 Å². The molecule has 0 spiro atoms. The quantitative estimate of drug-likeness (QED) is 0.829. The molecule has 0 fully saturated rings. The largest absolute Gasteiger partial charge is 0.508 e. The second-order valence-electron chi connectivity index (χ2n) is 5.55. The van der Waals surface area contributed by atoms with E-state index in [4.69, 9.17) is 0 Å². The van der Waals surface area contributed by atoms with Crippen molar-refractivity contribution in [3.63, 3.8) is 0 Å². The minimum absolute atomic E-state index is 0.289. The molecular weight excluding hydrogens is 248 g/mol. The van der Waals surface area contributed by atoms with E-state index in [1.807, 2.05) is 12.1 Å². The van der Waals surface area contributed by atoms with Gasteiger partial charge in [-0.1, -0.05) is 0 Å². The number of phenolic OH excluding ortho intramolecular Hbond substituents is 1. The van der Waals surface area contributed by atoms with Crippen LogP contribution in [0.5, 0.6) is 5.75 Å². The highest BCUT2D eigenvalue weighted by atomic mass is 16.3. The summed E-state index contributed by atoms with van der Waals surface area (Å²) >= 11 is 0. The lowest BCUT2D eigenvalue weighted by Gasteiger charge is -2.24. The summed E-state index contributed by atoms with van der Waals surface area (Å²) in [6.45, 7) is 5.57. The third-order valence-corrected chi connectivity index (χ3v) is 3.79. The molecule has 2 aromatic carbocycles. The normalized spacial score (nSPS) is 13.7. The fourth-order valence-electron chi connectivity index (χ4n) is 2.75. The van der Waals surface area contributed by atoms with E-state index in [0.717, 1.165) is 24.3 Å². The van der Waals surface area contributed by atoms with Crippen LogP contribution >= 0.6 is 0 Å². The van der Waals surface area contributed by atoms with E-state index in [-0.39, 0.29) is 5.75 Å². The third kappa shape index (κ3) is 2.44. The van der Waals surface area contributed by atoms with Crippen molar-refractivity contribution in [3.8, 4) is 5.75 Å². The van der Waals surface area contributed by atoms with Crippen LogP contribution in [0, 0.1) is 0 Å². The highest BCUT2D eigenvalue weighted by molar-refractivity contribution is 5.68. The van der Waals surface area contributed by atoms with E-state index in [1.54, 1.807) is 12.1 Å². The average Bonchev–Trinajstić information content (AvgIpc) is 2.84. The Morgan fingerprint density at radius 2 is 1.75 bits per heavy atom. The van der Waals surface area contributed by atoms with Crippen molar-refractivity contribution in [2.75, 3.05) is 16.8 Å². The van der Waals surface area contributed by atoms with Gasteiger partial charge in [-0.05, 0) is 68.3 Å². The van der Waals surface area contributed by atoms with Gasteiger partial charge < -0.3 is 15.3 Å². The van der Waals surface area contributed by atoms with Crippen LogP contribution < -0.4 is 10.2 Å². The van der Waals surface area contributed by atoms with Gasteiger partial charge >= 0.3 is 0 Å². The molecule has 20 heavy (non-hydrogen) atoms. The van der Waals surface area contributed by atoms with Crippen LogP contribution in [0.4, 0.5) is 17.1 Å². The van der Waals surface area contributed by atoms with Gasteiger partial charge in [0.05, 0.1) is 0 Å². The summed E-state index contributed by atoms with van der Waals surface area (Å²) in [5, 5.41) is 12.7. The summed E-state index contributed by atoms with van der Waals surface area (Å²) in [6, 6.07) is 14.2. The van der Waals surface area contributed by atoms with Crippen molar-refractivity contribution in [2.24, 2.45) is 0 Å². The zero-order valence-corrected chi connectivity index (χ0v) is 11.9. The van der Waals surface area contributed by atoms with Crippen LogP contribution in [0.3, 0.4) is 0 Å². The maximum atomic E-state index is 9.30. The molecule has 3 heteroatoms. The first kappa shape index (κ1) is 12.9. The minimum Gasteiger partial charge on any atom is -0.508 e. The molecular formula is C17H20N2O. The van der Waals surface area contributed by atoms with Crippen LogP contribution in [0.25, 0.3) is 0 Å². The first-order valence-electron chi connectivity index (χ1n) is 7.09. The molecule has 2 N–H and O–H groups in total. The zero-order valence-electron chi connectivity index (χ0n) is 11.9. The van der Waals surface area contributed by atoms with Gasteiger partial charge in [0.1, 0.15) is 5.75 Å². The van der Waals surface area contributed by atoms with Gasteiger partial charge in [-0.25, -0.2) is 0 Å². The summed E-state index contributed by atoms with van der Waals surface area (Å²) in [6.07, 6.45) is 1.11. The van der Waals surface area contributed by atoms with Crippen molar-refractivity contribution >= 4 is 17.1 Å². The molecule has 3 nitrogen and oxygen atoms in total. The highest BCUT2D eigenvalue weighted by Crippen LogP contribution is 2.32. The third-order valence-electron chi connectivity index (χ3n) is 3.79. The molecule has 3 rings (SSSR count). The number of phenols is 1. The Morgan fingerprint density at radius 3 is 2.45 bits per heavy atom. The number of benzene rings is 2. The average molecular weight is 268 g/mol. The van der Waals surface area contributed by atoms with Crippen LogP contribution in [0.2, 0.25) is 0 Å². The van der Waals surface area contributed by atoms with Crippen molar-refractivity contribution in [1.82, 2.24) is 0 Å². The molecule has 1 aliphatic heterocycles. The smallest absolute Gasteiger partial charge is 0.115 e. The number of anilines is 3. The topological polar surface area (TPSA) is 35.5 Å². The van der Waals surface area contributed by atoms with Gasteiger partial charge in [0.2, 0.25) is 0 Å². The number of hydrogen-bond donors (Lipinski definition) is 2. The summed E-state index contributed by atoms with van der Waals surface area (Å²) < 4.78 is 0. The highest BCUT2D eigenvalue weighted by Gasteiger charge is 2.21. The maximum absolute atomic E-state index is 9.30. The number of rotatable bonds is 3. The molecule has 104 valence electrons. The Kier molecular flexibility index (Phi) is 3.26. The predicted molar refractivity (Wildman–Crippen MR) is 84.0 cm³/mol. The zero-order chi connectivity index (χ0) is 14.1. The molecule has 0 amide bonds. The fourth-order valence-corrected chi connectivity index (χ4v) is 2.75. The SMILES string of the molecule is CC(C)N1CCc2cc(Nc3ccc(O)cc3)ccc21. The molecule has 0 unspecified atom stereocenters. The van der Waals surface area contributed by atoms with Crippen molar-refractivity contribution in [1.29, 1.82) is 0 Å². The van der Waals surface area contributed by atoms with E-state index in [1.165, 1.54) is 11.3 Å². The Morgan fingerprint density at radius 1 is 1.05 bits per heavy atom. The standard InChI is InChI=1S/C17H20N2O/c1-12(2)19-10-9-13-11-15(5-8-17(13)19)18-14-3-6-16(20)7-4-14/h3-8,11-12,18,20H,9-10H2,1-2H3. The van der Waals surface area contributed by atoms with E-state index >= 15 is 0 Å². The van der Waals surface area contributed by atoms with Gasteiger partial charge in [-0.3, -0.25) is 0 Å². The van der Waals surface area contributed by atoms with E-state index in [9.17, 15) is 5.11 Å². The lowest BCUT2D eigenvalue weighted by Crippen LogP contribution is -2.28.